The van der Waals surface area contributed by atoms with Gasteiger partial charge in [0.15, 0.2) is 15.0 Å². The molecular formula is C17H20N2O3S2. The zero-order valence-corrected chi connectivity index (χ0v) is 15.3. The molecule has 1 amide bonds. The van der Waals surface area contributed by atoms with Crippen LogP contribution in [0.15, 0.2) is 29.2 Å². The lowest BCUT2D eigenvalue weighted by Crippen LogP contribution is -2.14. The number of carbonyl (C=O) groups excluding carboxylic acids is 1. The third kappa shape index (κ3) is 4.02. The predicted molar refractivity (Wildman–Crippen MR) is 95.2 cm³/mol. The molecule has 0 saturated carbocycles. The van der Waals surface area contributed by atoms with E-state index in [0.29, 0.717) is 11.0 Å². The Balaban J connectivity index is 1.64. The zero-order valence-electron chi connectivity index (χ0n) is 13.7. The van der Waals surface area contributed by atoms with Gasteiger partial charge in [-0.05, 0) is 42.9 Å². The summed E-state index contributed by atoms with van der Waals surface area (Å²) in [7, 11) is -3.21. The molecule has 0 fully saturated rings. The van der Waals surface area contributed by atoms with Crippen molar-refractivity contribution in [3.05, 3.63) is 40.4 Å². The number of aryl methyl sites for hydroxylation is 1. The Morgan fingerprint density at radius 1 is 1.33 bits per heavy atom. The number of sulfone groups is 1. The van der Waals surface area contributed by atoms with Crippen LogP contribution in [0.5, 0.6) is 0 Å². The average Bonchev–Trinajstić information content (AvgIpc) is 2.87. The van der Waals surface area contributed by atoms with Crippen LogP contribution in [0, 0.1) is 5.92 Å². The van der Waals surface area contributed by atoms with E-state index < -0.39 is 9.84 Å². The van der Waals surface area contributed by atoms with E-state index in [4.69, 9.17) is 0 Å². The maximum absolute atomic E-state index is 12.2. The summed E-state index contributed by atoms with van der Waals surface area (Å²) in [5, 5.41) is 3.52. The first-order valence-corrected chi connectivity index (χ1v) is 10.6. The van der Waals surface area contributed by atoms with Gasteiger partial charge in [0.1, 0.15) is 0 Å². The van der Waals surface area contributed by atoms with Gasteiger partial charge in [0.2, 0.25) is 5.91 Å². The van der Waals surface area contributed by atoms with Crippen molar-refractivity contribution in [2.45, 2.75) is 37.5 Å². The van der Waals surface area contributed by atoms with Crippen molar-refractivity contribution in [2.24, 2.45) is 5.92 Å². The minimum absolute atomic E-state index is 0.138. The Morgan fingerprint density at radius 2 is 2.04 bits per heavy atom. The average molecular weight is 364 g/mol. The molecule has 1 aliphatic carbocycles. The largest absolute Gasteiger partial charge is 0.302 e. The fourth-order valence-corrected chi connectivity index (χ4v) is 4.61. The molecule has 0 saturated heterocycles. The third-order valence-electron chi connectivity index (χ3n) is 4.15. The molecule has 2 aromatic rings. The van der Waals surface area contributed by atoms with E-state index in [2.05, 4.69) is 17.2 Å². The number of nitrogens with zero attached hydrogens (tertiary/aromatic N) is 1. The Hall–Kier alpha value is -1.73. The molecule has 7 heteroatoms. The molecule has 0 aliphatic heterocycles. The van der Waals surface area contributed by atoms with Crippen molar-refractivity contribution in [2.75, 3.05) is 11.6 Å². The van der Waals surface area contributed by atoms with E-state index in [9.17, 15) is 13.2 Å². The first kappa shape index (κ1) is 17.1. The number of amides is 1. The summed E-state index contributed by atoms with van der Waals surface area (Å²) in [6.45, 7) is 2.24. The van der Waals surface area contributed by atoms with Crippen molar-refractivity contribution in [1.82, 2.24) is 4.98 Å². The van der Waals surface area contributed by atoms with Crippen LogP contribution in [0.25, 0.3) is 0 Å². The molecular weight excluding hydrogens is 344 g/mol. The van der Waals surface area contributed by atoms with E-state index >= 15 is 0 Å². The number of hydrogen-bond donors (Lipinski definition) is 1. The van der Waals surface area contributed by atoms with Crippen LogP contribution in [0.2, 0.25) is 0 Å². The van der Waals surface area contributed by atoms with Gasteiger partial charge >= 0.3 is 0 Å². The van der Waals surface area contributed by atoms with Gasteiger partial charge in [0.05, 0.1) is 17.0 Å². The van der Waals surface area contributed by atoms with Gasteiger partial charge in [-0.15, -0.1) is 11.3 Å². The molecule has 0 spiro atoms. The van der Waals surface area contributed by atoms with Crippen molar-refractivity contribution in [1.29, 1.82) is 0 Å². The molecule has 1 atom stereocenters. The van der Waals surface area contributed by atoms with Gasteiger partial charge in [-0.1, -0.05) is 19.1 Å². The Bertz CT molecular complexity index is 854. The Morgan fingerprint density at radius 3 is 2.71 bits per heavy atom. The predicted octanol–water partition coefficient (Wildman–Crippen LogP) is 2.85. The van der Waals surface area contributed by atoms with E-state index in [1.807, 2.05) is 0 Å². The normalized spacial score (nSPS) is 17.3. The number of benzene rings is 1. The van der Waals surface area contributed by atoms with Gasteiger partial charge in [0.25, 0.3) is 0 Å². The second kappa shape index (κ2) is 6.64. The molecule has 0 radical (unpaired) electrons. The van der Waals surface area contributed by atoms with Gasteiger partial charge in [-0.2, -0.15) is 0 Å². The van der Waals surface area contributed by atoms with Crippen LogP contribution in [0.4, 0.5) is 5.13 Å². The van der Waals surface area contributed by atoms with Crippen LogP contribution >= 0.6 is 11.3 Å². The lowest BCUT2D eigenvalue weighted by atomic mass is 9.93. The smallest absolute Gasteiger partial charge is 0.230 e. The molecule has 0 unspecified atom stereocenters. The van der Waals surface area contributed by atoms with E-state index in [1.54, 1.807) is 23.5 Å². The van der Waals surface area contributed by atoms with E-state index in [1.165, 1.54) is 23.3 Å². The van der Waals surface area contributed by atoms with Crippen LogP contribution in [0.3, 0.4) is 0 Å². The highest BCUT2D eigenvalue weighted by atomic mass is 32.2. The second-order valence-electron chi connectivity index (χ2n) is 6.38. The Kier molecular flexibility index (Phi) is 4.73. The van der Waals surface area contributed by atoms with Crippen molar-refractivity contribution in [3.63, 3.8) is 0 Å². The summed E-state index contributed by atoms with van der Waals surface area (Å²) < 4.78 is 22.9. The van der Waals surface area contributed by atoms with Crippen LogP contribution < -0.4 is 5.32 Å². The number of hydrogen-bond acceptors (Lipinski definition) is 5. The van der Waals surface area contributed by atoms with Gasteiger partial charge in [-0.3, -0.25) is 4.79 Å². The highest BCUT2D eigenvalue weighted by Crippen LogP contribution is 2.32. The molecule has 1 heterocycles. The van der Waals surface area contributed by atoms with E-state index in [-0.39, 0.29) is 17.2 Å². The molecule has 5 nitrogen and oxygen atoms in total. The number of aromatic nitrogens is 1. The highest BCUT2D eigenvalue weighted by Gasteiger charge is 2.20. The minimum atomic E-state index is -3.21. The maximum Gasteiger partial charge on any atom is 0.230 e. The zero-order chi connectivity index (χ0) is 17.3. The third-order valence-corrected chi connectivity index (χ3v) is 6.31. The maximum atomic E-state index is 12.2. The molecule has 1 aromatic carbocycles. The number of fused-ring (bicyclic) bond motifs is 1. The summed E-state index contributed by atoms with van der Waals surface area (Å²) >= 11 is 1.56. The van der Waals surface area contributed by atoms with Crippen molar-refractivity contribution >= 4 is 32.2 Å². The molecule has 24 heavy (non-hydrogen) atoms. The molecule has 3 rings (SSSR count). The standard InChI is InChI=1S/C17H20N2O3S2/c1-11-3-8-14-15(9-11)23-17(18-14)19-16(20)10-12-4-6-13(7-5-12)24(2,21)22/h4-7,11H,3,8-10H2,1-2H3,(H,18,19,20)/t11-/m0/s1. The topological polar surface area (TPSA) is 76.1 Å². The first-order valence-electron chi connectivity index (χ1n) is 7.88. The van der Waals surface area contributed by atoms with Crippen LogP contribution in [0.1, 0.15) is 29.5 Å². The van der Waals surface area contributed by atoms with Gasteiger partial charge in [0, 0.05) is 11.1 Å². The SMILES string of the molecule is C[C@H]1CCc2nc(NC(=O)Cc3ccc(S(C)(=O)=O)cc3)sc2C1. The molecule has 1 aromatic heterocycles. The van der Waals surface area contributed by atoms with Gasteiger partial charge in [-0.25, -0.2) is 13.4 Å². The lowest BCUT2D eigenvalue weighted by Gasteiger charge is -2.15. The summed E-state index contributed by atoms with van der Waals surface area (Å²) in [4.78, 5) is 18.2. The molecule has 1 aliphatic rings. The number of carbonyl (C=O) groups is 1. The van der Waals surface area contributed by atoms with Crippen molar-refractivity contribution < 1.29 is 13.2 Å². The van der Waals surface area contributed by atoms with Crippen molar-refractivity contribution in [3.8, 4) is 0 Å². The molecule has 1 N–H and O–H groups in total. The second-order valence-corrected chi connectivity index (χ2v) is 9.48. The van der Waals surface area contributed by atoms with E-state index in [0.717, 1.165) is 30.5 Å². The fourth-order valence-electron chi connectivity index (χ4n) is 2.80. The first-order chi connectivity index (χ1) is 11.3. The highest BCUT2D eigenvalue weighted by molar-refractivity contribution is 7.90. The molecule has 128 valence electrons. The minimum Gasteiger partial charge on any atom is -0.302 e. The fraction of sp³-hybridized carbons (Fsp3) is 0.412. The monoisotopic (exact) mass is 364 g/mol. The summed E-state index contributed by atoms with van der Waals surface area (Å²) in [6.07, 6.45) is 4.53. The number of thiazole rings is 1. The lowest BCUT2D eigenvalue weighted by molar-refractivity contribution is -0.115. The number of nitrogens with one attached hydrogen (secondary N) is 1. The molecule has 0 bridgehead atoms. The quantitative estimate of drug-likeness (QED) is 0.905. The number of anilines is 1. The number of rotatable bonds is 4. The van der Waals surface area contributed by atoms with Crippen LogP contribution in [-0.2, 0) is 33.9 Å². The summed E-state index contributed by atoms with van der Waals surface area (Å²) in [6, 6.07) is 6.40. The summed E-state index contributed by atoms with van der Waals surface area (Å²) in [5.41, 5.74) is 1.89. The van der Waals surface area contributed by atoms with Crippen LogP contribution in [-0.4, -0.2) is 25.6 Å². The van der Waals surface area contributed by atoms with Gasteiger partial charge < -0.3 is 5.32 Å². The summed E-state index contributed by atoms with van der Waals surface area (Å²) in [5.74, 6) is 0.538. The Labute approximate surface area is 146 Å².